The molecule has 1 aliphatic rings. The van der Waals surface area contributed by atoms with Crippen LogP contribution in [0.1, 0.15) is 42.7 Å². The van der Waals surface area contributed by atoms with E-state index in [2.05, 4.69) is 41.7 Å². The van der Waals surface area contributed by atoms with Crippen molar-refractivity contribution < 1.29 is 19.1 Å². The smallest absolute Gasteiger partial charge is 0.412 e. The molecule has 0 radical (unpaired) electrons. The quantitative estimate of drug-likeness (QED) is 0.197. The molecule has 0 aliphatic heterocycles. The molecule has 1 saturated carbocycles. The second-order valence-electron chi connectivity index (χ2n) is 10.1. The number of anilines is 1. The molecular formula is C33H28N2O4S. The van der Waals surface area contributed by atoms with Crippen molar-refractivity contribution in [1.82, 2.24) is 4.98 Å². The number of aryl methyl sites for hydroxylation is 1. The largest absolute Gasteiger partial charge is 0.456 e. The van der Waals surface area contributed by atoms with Gasteiger partial charge in [0, 0.05) is 11.1 Å². The molecule has 1 N–H and O–H groups in total. The van der Waals surface area contributed by atoms with Crippen molar-refractivity contribution in [1.29, 1.82) is 0 Å². The fourth-order valence-corrected chi connectivity index (χ4v) is 6.12. The summed E-state index contributed by atoms with van der Waals surface area (Å²) < 4.78 is 11.0. The van der Waals surface area contributed by atoms with Crippen molar-refractivity contribution in [3.63, 3.8) is 0 Å². The molecule has 40 heavy (non-hydrogen) atoms. The molecule has 3 aromatic carbocycles. The third-order valence-electron chi connectivity index (χ3n) is 7.34. The van der Waals surface area contributed by atoms with Gasteiger partial charge < -0.3 is 9.47 Å². The number of aromatic nitrogens is 1. The van der Waals surface area contributed by atoms with Crippen molar-refractivity contribution >= 4 is 39.8 Å². The highest BCUT2D eigenvalue weighted by atomic mass is 32.1. The first-order valence-corrected chi connectivity index (χ1v) is 14.0. The zero-order chi connectivity index (χ0) is 27.7. The Morgan fingerprint density at radius 3 is 2.23 bits per heavy atom. The summed E-state index contributed by atoms with van der Waals surface area (Å²) in [5.41, 5.74) is 6.23. The Kier molecular flexibility index (Phi) is 6.82. The van der Waals surface area contributed by atoms with E-state index in [9.17, 15) is 9.59 Å². The van der Waals surface area contributed by atoms with E-state index in [-0.39, 0.29) is 6.10 Å². The monoisotopic (exact) mass is 548 g/mol. The predicted octanol–water partition coefficient (Wildman–Crippen LogP) is 8.41. The number of amides is 1. The number of thiophene rings is 1. The molecule has 2 heterocycles. The average molecular weight is 549 g/mol. The Balaban J connectivity index is 1.27. The summed E-state index contributed by atoms with van der Waals surface area (Å²) in [5, 5.41) is 3.88. The minimum absolute atomic E-state index is 0.389. The van der Waals surface area contributed by atoms with Gasteiger partial charge in [-0.2, -0.15) is 0 Å². The Morgan fingerprint density at radius 2 is 1.57 bits per heavy atom. The van der Waals surface area contributed by atoms with Crippen LogP contribution in [0.4, 0.5) is 10.5 Å². The number of nitrogens with one attached hydrogen (secondary N) is 1. The molecule has 1 aliphatic carbocycles. The van der Waals surface area contributed by atoms with Crippen molar-refractivity contribution in [2.24, 2.45) is 0 Å². The van der Waals surface area contributed by atoms with E-state index < -0.39 is 11.7 Å². The van der Waals surface area contributed by atoms with Gasteiger partial charge in [0.15, 0.2) is 0 Å². The first kappa shape index (κ1) is 25.8. The second kappa shape index (κ2) is 10.6. The molecule has 0 unspecified atom stereocenters. The van der Waals surface area contributed by atoms with Gasteiger partial charge in [-0.3, -0.25) is 10.1 Å². The first-order valence-electron chi connectivity index (χ1n) is 13.2. The fraction of sp³-hybridized carbons (Fsp3) is 0.182. The second-order valence-corrected chi connectivity index (χ2v) is 11.1. The predicted molar refractivity (Wildman–Crippen MR) is 158 cm³/mol. The standard InChI is InChI=1S/C33H28N2O4S/c1-21-8-17-28-29(35-32(37)39-22(2)23-6-4-3-5-7-23)30(40-31(28)34-21)26-11-9-24(10-12-26)25-13-15-27(16-14-25)33(18-19-33)38-20-36/h3-17,20,22H,18-19H2,1-2H3,(H,35,37)/t22-/m1/s1. The lowest BCUT2D eigenvalue weighted by molar-refractivity contribution is -0.136. The van der Waals surface area contributed by atoms with Crippen molar-refractivity contribution in [3.8, 4) is 21.6 Å². The summed E-state index contributed by atoms with van der Waals surface area (Å²) in [4.78, 5) is 30.3. The van der Waals surface area contributed by atoms with Crippen LogP contribution in [0.15, 0.2) is 91.0 Å². The summed E-state index contributed by atoms with van der Waals surface area (Å²) in [6.07, 6.45) is 0.818. The number of hydrogen-bond donors (Lipinski definition) is 1. The van der Waals surface area contributed by atoms with E-state index in [1.807, 2.05) is 68.4 Å². The number of pyridine rings is 1. The summed E-state index contributed by atoms with van der Waals surface area (Å²) in [7, 11) is 0. The van der Waals surface area contributed by atoms with Crippen LogP contribution in [-0.2, 0) is 19.9 Å². The van der Waals surface area contributed by atoms with Crippen LogP contribution in [0.25, 0.3) is 31.8 Å². The number of fused-ring (bicyclic) bond motifs is 1. The van der Waals surface area contributed by atoms with Crippen LogP contribution >= 0.6 is 11.3 Å². The topological polar surface area (TPSA) is 77.5 Å². The molecule has 0 saturated heterocycles. The zero-order valence-electron chi connectivity index (χ0n) is 22.2. The number of ether oxygens (including phenoxy) is 2. The highest BCUT2D eigenvalue weighted by Crippen LogP contribution is 2.49. The van der Waals surface area contributed by atoms with E-state index in [0.29, 0.717) is 12.2 Å². The van der Waals surface area contributed by atoms with Gasteiger partial charge in [0.2, 0.25) is 0 Å². The van der Waals surface area contributed by atoms with E-state index in [1.165, 1.54) is 0 Å². The number of hydrogen-bond acceptors (Lipinski definition) is 6. The molecule has 6 rings (SSSR count). The molecule has 200 valence electrons. The van der Waals surface area contributed by atoms with E-state index in [4.69, 9.17) is 14.5 Å². The van der Waals surface area contributed by atoms with Gasteiger partial charge in [-0.1, -0.05) is 78.9 Å². The normalized spacial score (nSPS) is 14.3. The lowest BCUT2D eigenvalue weighted by atomic mass is 9.99. The van der Waals surface area contributed by atoms with Crippen LogP contribution in [0, 0.1) is 6.92 Å². The van der Waals surface area contributed by atoms with Gasteiger partial charge in [0.1, 0.15) is 16.5 Å². The Labute approximate surface area is 236 Å². The number of carbonyl (C=O) groups excluding carboxylic acids is 2. The van der Waals surface area contributed by atoms with Crippen LogP contribution in [-0.4, -0.2) is 17.5 Å². The molecule has 1 atom stereocenters. The zero-order valence-corrected chi connectivity index (χ0v) is 23.0. The minimum Gasteiger partial charge on any atom is -0.456 e. The van der Waals surface area contributed by atoms with Gasteiger partial charge in [-0.25, -0.2) is 9.78 Å². The molecular weight excluding hydrogens is 520 g/mol. The highest BCUT2D eigenvalue weighted by molar-refractivity contribution is 7.22. The molecule has 1 fully saturated rings. The van der Waals surface area contributed by atoms with Gasteiger partial charge in [-0.05, 0) is 66.6 Å². The maximum atomic E-state index is 13.0. The van der Waals surface area contributed by atoms with Crippen molar-refractivity contribution in [3.05, 3.63) is 108 Å². The number of nitrogens with zero attached hydrogens (tertiary/aromatic N) is 1. The Bertz CT molecular complexity index is 1670. The van der Waals surface area contributed by atoms with Crippen LogP contribution < -0.4 is 5.32 Å². The lowest BCUT2D eigenvalue weighted by Crippen LogP contribution is -2.16. The van der Waals surface area contributed by atoms with E-state index in [0.717, 1.165) is 61.4 Å². The van der Waals surface area contributed by atoms with Gasteiger partial charge in [0.05, 0.1) is 10.6 Å². The molecule has 0 spiro atoms. The Morgan fingerprint density at radius 1 is 0.925 bits per heavy atom. The third-order valence-corrected chi connectivity index (χ3v) is 8.49. The molecule has 2 aromatic heterocycles. The van der Waals surface area contributed by atoms with Crippen LogP contribution in [0.5, 0.6) is 0 Å². The van der Waals surface area contributed by atoms with Crippen LogP contribution in [0.2, 0.25) is 0 Å². The summed E-state index contributed by atoms with van der Waals surface area (Å²) >= 11 is 1.54. The minimum atomic E-state index is -0.512. The first-order chi connectivity index (χ1) is 19.5. The summed E-state index contributed by atoms with van der Waals surface area (Å²) in [6.45, 7) is 4.35. The molecule has 0 bridgehead atoms. The molecule has 7 heteroatoms. The van der Waals surface area contributed by atoms with Crippen molar-refractivity contribution in [2.45, 2.75) is 38.4 Å². The van der Waals surface area contributed by atoms with Gasteiger partial charge in [-0.15, -0.1) is 11.3 Å². The van der Waals surface area contributed by atoms with Crippen molar-refractivity contribution in [2.75, 3.05) is 5.32 Å². The lowest BCUT2D eigenvalue weighted by Gasteiger charge is -2.15. The SMILES string of the molecule is Cc1ccc2c(NC(=O)O[C@H](C)c3ccccc3)c(-c3ccc(-c4ccc(C5(OC=O)CC5)cc4)cc3)sc2n1. The molecule has 6 nitrogen and oxygen atoms in total. The highest BCUT2D eigenvalue weighted by Gasteiger charge is 2.46. The van der Waals surface area contributed by atoms with E-state index in [1.54, 1.807) is 11.3 Å². The summed E-state index contributed by atoms with van der Waals surface area (Å²) in [6, 6.07) is 30.0. The number of rotatable bonds is 8. The average Bonchev–Trinajstić information content (AvgIpc) is 3.68. The van der Waals surface area contributed by atoms with Crippen LogP contribution in [0.3, 0.4) is 0 Å². The fourth-order valence-electron chi connectivity index (χ4n) is 4.94. The number of carbonyl (C=O) groups is 2. The summed E-state index contributed by atoms with van der Waals surface area (Å²) in [5.74, 6) is 0. The molecule has 1 amide bonds. The third kappa shape index (κ3) is 5.08. The van der Waals surface area contributed by atoms with E-state index >= 15 is 0 Å². The molecule has 5 aromatic rings. The maximum absolute atomic E-state index is 13.0. The van der Waals surface area contributed by atoms with Gasteiger partial charge in [0.25, 0.3) is 6.47 Å². The Hall–Kier alpha value is -4.49. The maximum Gasteiger partial charge on any atom is 0.412 e. The number of benzene rings is 3. The van der Waals surface area contributed by atoms with Gasteiger partial charge >= 0.3 is 6.09 Å².